The van der Waals surface area contributed by atoms with Gasteiger partial charge in [-0.1, -0.05) is 36.8 Å². The lowest BCUT2D eigenvalue weighted by molar-refractivity contribution is 0.0600. The summed E-state index contributed by atoms with van der Waals surface area (Å²) >= 11 is 1.59. The molecule has 2 aromatic rings. The number of aryl methyl sites for hydroxylation is 1. The molecule has 0 bridgehead atoms. The Kier molecular flexibility index (Phi) is 5.96. The molecule has 0 aliphatic carbocycles. The van der Waals surface area contributed by atoms with E-state index >= 15 is 0 Å². The molecule has 1 N–H and O–H groups in total. The summed E-state index contributed by atoms with van der Waals surface area (Å²) in [6, 6.07) is 11.5. The number of ether oxygens (including phenoxy) is 1. The van der Waals surface area contributed by atoms with Gasteiger partial charge in [-0.15, -0.1) is 11.3 Å². The van der Waals surface area contributed by atoms with Gasteiger partial charge >= 0.3 is 5.97 Å². The van der Waals surface area contributed by atoms with E-state index in [4.69, 9.17) is 4.74 Å². The largest absolute Gasteiger partial charge is 0.465 e. The number of thiophene rings is 1. The van der Waals surface area contributed by atoms with E-state index in [9.17, 15) is 9.90 Å². The number of aliphatic hydroxyl groups excluding tert-OH is 1. The molecule has 0 spiro atoms. The zero-order valence-corrected chi connectivity index (χ0v) is 12.9. The van der Waals surface area contributed by atoms with E-state index < -0.39 is 6.10 Å². The first kappa shape index (κ1) is 15.7. The smallest absolute Gasteiger partial charge is 0.338 e. The van der Waals surface area contributed by atoms with E-state index in [1.165, 1.54) is 7.11 Å². The van der Waals surface area contributed by atoms with E-state index in [1.54, 1.807) is 11.3 Å². The molecule has 0 amide bonds. The zero-order chi connectivity index (χ0) is 15.1. The average molecular weight is 304 g/mol. The fourth-order valence-corrected chi connectivity index (χ4v) is 3.20. The quantitative estimate of drug-likeness (QED) is 0.621. The van der Waals surface area contributed by atoms with Crippen LogP contribution in [0, 0.1) is 0 Å². The number of unbranched alkanes of at least 4 members (excludes halogenated alkanes) is 1. The second-order valence-corrected chi connectivity index (χ2v) is 5.92. The van der Waals surface area contributed by atoms with Gasteiger partial charge in [-0.3, -0.25) is 0 Å². The molecule has 1 heterocycles. The van der Waals surface area contributed by atoms with Crippen LogP contribution in [0.3, 0.4) is 0 Å². The van der Waals surface area contributed by atoms with Gasteiger partial charge in [0.15, 0.2) is 0 Å². The lowest BCUT2D eigenvalue weighted by Crippen LogP contribution is -2.03. The van der Waals surface area contributed by atoms with Crippen LogP contribution in [0.4, 0.5) is 0 Å². The Morgan fingerprint density at radius 3 is 2.71 bits per heavy atom. The topological polar surface area (TPSA) is 46.5 Å². The number of benzene rings is 1. The fraction of sp³-hybridized carbons (Fsp3) is 0.353. The fourth-order valence-electron chi connectivity index (χ4n) is 2.29. The van der Waals surface area contributed by atoms with E-state index in [-0.39, 0.29) is 5.97 Å². The molecule has 1 aromatic heterocycles. The van der Waals surface area contributed by atoms with Crippen molar-refractivity contribution in [3.8, 4) is 0 Å². The molecule has 0 fully saturated rings. The molecule has 1 unspecified atom stereocenters. The first-order valence-electron chi connectivity index (χ1n) is 7.10. The van der Waals surface area contributed by atoms with Crippen LogP contribution < -0.4 is 0 Å². The highest BCUT2D eigenvalue weighted by Crippen LogP contribution is 2.23. The van der Waals surface area contributed by atoms with Gasteiger partial charge in [-0.05, 0) is 36.3 Å². The second-order valence-electron chi connectivity index (χ2n) is 4.92. The van der Waals surface area contributed by atoms with E-state index in [1.807, 2.05) is 41.8 Å². The van der Waals surface area contributed by atoms with E-state index in [0.717, 1.165) is 36.1 Å². The molecule has 21 heavy (non-hydrogen) atoms. The van der Waals surface area contributed by atoms with Crippen molar-refractivity contribution in [2.45, 2.75) is 31.8 Å². The van der Waals surface area contributed by atoms with E-state index in [2.05, 4.69) is 0 Å². The summed E-state index contributed by atoms with van der Waals surface area (Å²) in [6.45, 7) is 0. The average Bonchev–Trinajstić information content (AvgIpc) is 3.00. The van der Waals surface area contributed by atoms with Crippen LogP contribution in [0.1, 0.15) is 46.2 Å². The third-order valence-corrected chi connectivity index (χ3v) is 4.45. The highest BCUT2D eigenvalue weighted by Gasteiger charge is 2.13. The molecule has 0 saturated heterocycles. The molecule has 112 valence electrons. The molecule has 0 saturated carbocycles. The van der Waals surface area contributed by atoms with Crippen LogP contribution in [0.2, 0.25) is 0 Å². The second kappa shape index (κ2) is 7.96. The number of carbonyl (C=O) groups excluding carboxylic acids is 1. The van der Waals surface area contributed by atoms with Crippen molar-refractivity contribution in [2.75, 3.05) is 7.11 Å². The van der Waals surface area contributed by atoms with Crippen molar-refractivity contribution in [1.29, 1.82) is 0 Å². The van der Waals surface area contributed by atoms with Crippen LogP contribution in [0.15, 0.2) is 41.8 Å². The predicted molar refractivity (Wildman–Crippen MR) is 84.6 cm³/mol. The Morgan fingerprint density at radius 1 is 1.24 bits per heavy atom. The summed E-state index contributed by atoms with van der Waals surface area (Å²) in [5, 5.41) is 12.0. The normalized spacial score (nSPS) is 12.1. The molecule has 0 aliphatic rings. The monoisotopic (exact) mass is 304 g/mol. The highest BCUT2D eigenvalue weighted by atomic mass is 32.1. The molecule has 3 nitrogen and oxygen atoms in total. The molecule has 1 atom stereocenters. The molecule has 4 heteroatoms. The maximum Gasteiger partial charge on any atom is 0.338 e. The standard InChI is InChI=1S/C17H20O3S/c1-20-17(19)14-11-12-21-16(14)10-6-5-9-15(18)13-7-3-2-4-8-13/h2-4,7-8,11-12,15,18H,5-6,9-10H2,1H3. The zero-order valence-electron chi connectivity index (χ0n) is 12.1. The number of methoxy groups -OCH3 is 1. The van der Waals surface area contributed by atoms with Gasteiger partial charge in [0.25, 0.3) is 0 Å². The van der Waals surface area contributed by atoms with Gasteiger partial charge in [-0.25, -0.2) is 4.79 Å². The van der Waals surface area contributed by atoms with Crippen molar-refractivity contribution < 1.29 is 14.6 Å². The SMILES string of the molecule is COC(=O)c1ccsc1CCCCC(O)c1ccccc1. The highest BCUT2D eigenvalue weighted by molar-refractivity contribution is 7.10. The molecular formula is C17H20O3S. The number of hydrogen-bond acceptors (Lipinski definition) is 4. The Morgan fingerprint density at radius 2 is 2.00 bits per heavy atom. The molecular weight excluding hydrogens is 284 g/mol. The van der Waals surface area contributed by atoms with Gasteiger partial charge < -0.3 is 9.84 Å². The summed E-state index contributed by atoms with van der Waals surface area (Å²) in [7, 11) is 1.40. The van der Waals surface area contributed by atoms with Crippen LogP contribution >= 0.6 is 11.3 Å². The summed E-state index contributed by atoms with van der Waals surface area (Å²) in [5.41, 5.74) is 1.63. The molecule has 0 radical (unpaired) electrons. The van der Waals surface area contributed by atoms with Crippen LogP contribution in [0.25, 0.3) is 0 Å². The summed E-state index contributed by atoms with van der Waals surface area (Å²) < 4.78 is 4.77. The Bertz CT molecular complexity index is 562. The summed E-state index contributed by atoms with van der Waals surface area (Å²) in [4.78, 5) is 12.6. The minimum Gasteiger partial charge on any atom is -0.465 e. The third kappa shape index (κ3) is 4.41. The number of hydrogen-bond donors (Lipinski definition) is 1. The number of aliphatic hydroxyl groups is 1. The lowest BCUT2D eigenvalue weighted by atomic mass is 10.0. The van der Waals surface area contributed by atoms with Crippen molar-refractivity contribution in [3.05, 3.63) is 57.8 Å². The van der Waals surface area contributed by atoms with Crippen molar-refractivity contribution in [3.63, 3.8) is 0 Å². The molecule has 2 rings (SSSR count). The van der Waals surface area contributed by atoms with Gasteiger partial charge in [0.2, 0.25) is 0 Å². The number of esters is 1. The minimum absolute atomic E-state index is 0.268. The van der Waals surface area contributed by atoms with Gasteiger partial charge in [0.1, 0.15) is 0 Å². The first-order valence-corrected chi connectivity index (χ1v) is 7.98. The van der Waals surface area contributed by atoms with E-state index in [0.29, 0.717) is 5.56 Å². The number of carbonyl (C=O) groups is 1. The van der Waals surface area contributed by atoms with Gasteiger partial charge in [0.05, 0.1) is 18.8 Å². The van der Waals surface area contributed by atoms with Crippen molar-refractivity contribution in [1.82, 2.24) is 0 Å². The molecule has 0 aliphatic heterocycles. The minimum atomic E-state index is -0.408. The lowest BCUT2D eigenvalue weighted by Gasteiger charge is -2.10. The maximum absolute atomic E-state index is 11.6. The summed E-state index contributed by atoms with van der Waals surface area (Å²) in [6.07, 6.45) is 3.06. The first-order chi connectivity index (χ1) is 10.2. The van der Waals surface area contributed by atoms with Crippen molar-refractivity contribution in [2.24, 2.45) is 0 Å². The Hall–Kier alpha value is -1.65. The maximum atomic E-state index is 11.6. The molecule has 1 aromatic carbocycles. The van der Waals surface area contributed by atoms with Crippen molar-refractivity contribution >= 4 is 17.3 Å². The summed E-state index contributed by atoms with van der Waals surface area (Å²) in [5.74, 6) is -0.268. The Balaban J connectivity index is 1.78. The third-order valence-electron chi connectivity index (χ3n) is 3.47. The van der Waals surface area contributed by atoms with Crippen LogP contribution in [0.5, 0.6) is 0 Å². The van der Waals surface area contributed by atoms with Crippen LogP contribution in [-0.4, -0.2) is 18.2 Å². The Labute approximate surface area is 129 Å². The number of rotatable bonds is 7. The van der Waals surface area contributed by atoms with Crippen LogP contribution in [-0.2, 0) is 11.2 Å². The van der Waals surface area contributed by atoms with Gasteiger partial charge in [-0.2, -0.15) is 0 Å². The predicted octanol–water partition coefficient (Wildman–Crippen LogP) is 3.98. The van der Waals surface area contributed by atoms with Gasteiger partial charge in [0, 0.05) is 4.88 Å².